The van der Waals surface area contributed by atoms with Gasteiger partial charge in [0.15, 0.2) is 0 Å². The second-order valence-corrected chi connectivity index (χ2v) is 5.46. The third kappa shape index (κ3) is 3.12. The lowest BCUT2D eigenvalue weighted by atomic mass is 10.0. The summed E-state index contributed by atoms with van der Waals surface area (Å²) in [5, 5.41) is 13.0. The zero-order valence-corrected chi connectivity index (χ0v) is 11.5. The Morgan fingerprint density at radius 1 is 1.28 bits per heavy atom. The van der Waals surface area contributed by atoms with E-state index in [0.29, 0.717) is 24.6 Å². The molecule has 1 aromatic carbocycles. The van der Waals surface area contributed by atoms with Gasteiger partial charge in [-0.25, -0.2) is 0 Å². The minimum atomic E-state index is 0.319. The minimum absolute atomic E-state index is 0.319. The number of benzene rings is 1. The van der Waals surface area contributed by atoms with E-state index in [-0.39, 0.29) is 0 Å². The van der Waals surface area contributed by atoms with Gasteiger partial charge < -0.3 is 10.4 Å². The Morgan fingerprint density at radius 2 is 2.00 bits per heavy atom. The van der Waals surface area contributed by atoms with Crippen LogP contribution in [0.15, 0.2) is 24.3 Å². The summed E-state index contributed by atoms with van der Waals surface area (Å²) in [6.07, 6.45) is 4.69. The quantitative estimate of drug-likeness (QED) is 0.838. The molecule has 0 heterocycles. The van der Waals surface area contributed by atoms with Crippen molar-refractivity contribution in [2.75, 3.05) is 6.61 Å². The number of hydrogen-bond donors (Lipinski definition) is 2. The maximum Gasteiger partial charge on any atom is 0.0474 e. The molecule has 1 aliphatic rings. The first-order valence-electron chi connectivity index (χ1n) is 7.20. The van der Waals surface area contributed by atoms with Gasteiger partial charge in [0.1, 0.15) is 0 Å². The molecule has 0 spiro atoms. The summed E-state index contributed by atoms with van der Waals surface area (Å²) in [5.74, 6) is 0.447. The van der Waals surface area contributed by atoms with E-state index in [1.54, 1.807) is 0 Å². The first kappa shape index (κ1) is 13.6. The first-order valence-corrected chi connectivity index (χ1v) is 7.20. The van der Waals surface area contributed by atoms with E-state index >= 15 is 0 Å². The van der Waals surface area contributed by atoms with Gasteiger partial charge >= 0.3 is 0 Å². The van der Waals surface area contributed by atoms with Crippen LogP contribution in [-0.4, -0.2) is 17.8 Å². The molecule has 1 fully saturated rings. The normalized spacial score (nSPS) is 25.3. The van der Waals surface area contributed by atoms with Crippen LogP contribution in [-0.2, 0) is 6.42 Å². The van der Waals surface area contributed by atoms with E-state index in [1.807, 2.05) is 0 Å². The fourth-order valence-electron chi connectivity index (χ4n) is 2.93. The zero-order chi connectivity index (χ0) is 13.0. The van der Waals surface area contributed by atoms with E-state index in [9.17, 15) is 5.11 Å². The molecular formula is C16H25NO. The highest BCUT2D eigenvalue weighted by molar-refractivity contribution is 5.24. The smallest absolute Gasteiger partial charge is 0.0474 e. The van der Waals surface area contributed by atoms with Crippen LogP contribution in [0.5, 0.6) is 0 Å². The Balaban J connectivity index is 1.95. The lowest BCUT2D eigenvalue weighted by Crippen LogP contribution is -2.35. The maximum absolute atomic E-state index is 9.35. The van der Waals surface area contributed by atoms with Crippen molar-refractivity contribution >= 4 is 0 Å². The molecule has 0 saturated heterocycles. The predicted molar refractivity (Wildman–Crippen MR) is 75.6 cm³/mol. The van der Waals surface area contributed by atoms with Crippen molar-refractivity contribution in [2.24, 2.45) is 5.92 Å². The van der Waals surface area contributed by atoms with Gasteiger partial charge in [-0.3, -0.25) is 0 Å². The molecule has 0 aliphatic heterocycles. The van der Waals surface area contributed by atoms with Gasteiger partial charge in [0.2, 0.25) is 0 Å². The summed E-state index contributed by atoms with van der Waals surface area (Å²) < 4.78 is 0. The fraction of sp³-hybridized carbons (Fsp3) is 0.625. The Kier molecular flexibility index (Phi) is 4.79. The van der Waals surface area contributed by atoms with Crippen molar-refractivity contribution in [1.29, 1.82) is 0 Å². The molecule has 3 unspecified atom stereocenters. The molecule has 3 atom stereocenters. The molecular weight excluding hydrogens is 222 g/mol. The largest absolute Gasteiger partial charge is 0.396 e. The van der Waals surface area contributed by atoms with E-state index in [2.05, 4.69) is 43.4 Å². The number of aryl methyl sites for hydroxylation is 1. The standard InChI is InChI=1S/C16H25NO/c1-3-13-7-9-14(10-8-13)12(2)17-16-6-4-5-15(16)11-18/h7-10,12,15-18H,3-6,11H2,1-2H3. The van der Waals surface area contributed by atoms with Gasteiger partial charge in [-0.2, -0.15) is 0 Å². The fourth-order valence-corrected chi connectivity index (χ4v) is 2.93. The summed E-state index contributed by atoms with van der Waals surface area (Å²) in [6, 6.07) is 9.72. The molecule has 0 radical (unpaired) electrons. The van der Waals surface area contributed by atoms with Crippen molar-refractivity contribution in [1.82, 2.24) is 5.32 Å². The average Bonchev–Trinajstić information content (AvgIpc) is 2.86. The Morgan fingerprint density at radius 3 is 2.61 bits per heavy atom. The van der Waals surface area contributed by atoms with E-state index in [4.69, 9.17) is 0 Å². The van der Waals surface area contributed by atoms with Crippen LogP contribution in [0.3, 0.4) is 0 Å². The summed E-state index contributed by atoms with van der Waals surface area (Å²) in [7, 11) is 0. The molecule has 0 aromatic heterocycles. The van der Waals surface area contributed by atoms with Crippen molar-refractivity contribution in [3.63, 3.8) is 0 Å². The van der Waals surface area contributed by atoms with Crippen molar-refractivity contribution in [3.8, 4) is 0 Å². The van der Waals surface area contributed by atoms with Gasteiger partial charge in [0, 0.05) is 18.7 Å². The highest BCUT2D eigenvalue weighted by Crippen LogP contribution is 2.27. The molecule has 1 aromatic rings. The van der Waals surface area contributed by atoms with Gasteiger partial charge in [-0.05, 0) is 43.2 Å². The number of hydrogen-bond acceptors (Lipinski definition) is 2. The summed E-state index contributed by atoms with van der Waals surface area (Å²) >= 11 is 0. The lowest BCUT2D eigenvalue weighted by Gasteiger charge is -2.24. The van der Waals surface area contributed by atoms with Crippen LogP contribution >= 0.6 is 0 Å². The predicted octanol–water partition coefficient (Wildman–Crippen LogP) is 3.06. The maximum atomic E-state index is 9.35. The number of aliphatic hydroxyl groups excluding tert-OH is 1. The molecule has 1 aliphatic carbocycles. The van der Waals surface area contributed by atoms with Crippen LogP contribution < -0.4 is 5.32 Å². The Hall–Kier alpha value is -0.860. The zero-order valence-electron chi connectivity index (χ0n) is 11.5. The van der Waals surface area contributed by atoms with Gasteiger partial charge in [-0.15, -0.1) is 0 Å². The molecule has 0 amide bonds. The Labute approximate surface area is 110 Å². The van der Waals surface area contributed by atoms with Gasteiger partial charge in [-0.1, -0.05) is 37.6 Å². The van der Waals surface area contributed by atoms with Crippen LogP contribution in [0, 0.1) is 5.92 Å². The molecule has 2 nitrogen and oxygen atoms in total. The molecule has 18 heavy (non-hydrogen) atoms. The van der Waals surface area contributed by atoms with E-state index < -0.39 is 0 Å². The minimum Gasteiger partial charge on any atom is -0.396 e. The average molecular weight is 247 g/mol. The lowest BCUT2D eigenvalue weighted by molar-refractivity contribution is 0.200. The first-order chi connectivity index (χ1) is 8.74. The van der Waals surface area contributed by atoms with Crippen molar-refractivity contribution in [3.05, 3.63) is 35.4 Å². The van der Waals surface area contributed by atoms with Crippen molar-refractivity contribution < 1.29 is 5.11 Å². The summed E-state index contributed by atoms with van der Waals surface area (Å²) in [6.45, 7) is 4.72. The molecule has 2 rings (SSSR count). The monoisotopic (exact) mass is 247 g/mol. The molecule has 2 N–H and O–H groups in total. The third-order valence-corrected chi connectivity index (χ3v) is 4.25. The Bertz CT molecular complexity index is 360. The second-order valence-electron chi connectivity index (χ2n) is 5.46. The molecule has 0 bridgehead atoms. The van der Waals surface area contributed by atoms with E-state index in [1.165, 1.54) is 24.0 Å². The van der Waals surface area contributed by atoms with Crippen LogP contribution in [0.4, 0.5) is 0 Å². The van der Waals surface area contributed by atoms with Crippen LogP contribution in [0.2, 0.25) is 0 Å². The second kappa shape index (κ2) is 6.35. The topological polar surface area (TPSA) is 32.3 Å². The number of nitrogens with one attached hydrogen (secondary N) is 1. The highest BCUT2D eigenvalue weighted by Gasteiger charge is 2.27. The third-order valence-electron chi connectivity index (χ3n) is 4.25. The number of rotatable bonds is 5. The molecule has 2 heteroatoms. The van der Waals surface area contributed by atoms with E-state index in [0.717, 1.165) is 12.8 Å². The van der Waals surface area contributed by atoms with Gasteiger partial charge in [0.05, 0.1) is 0 Å². The van der Waals surface area contributed by atoms with Crippen molar-refractivity contribution in [2.45, 2.75) is 51.6 Å². The summed E-state index contributed by atoms with van der Waals surface area (Å²) in [4.78, 5) is 0. The SMILES string of the molecule is CCc1ccc(C(C)NC2CCCC2CO)cc1. The van der Waals surface area contributed by atoms with Crippen LogP contribution in [0.25, 0.3) is 0 Å². The molecule has 100 valence electrons. The summed E-state index contributed by atoms with van der Waals surface area (Å²) in [5.41, 5.74) is 2.73. The number of aliphatic hydroxyl groups is 1. The highest BCUT2D eigenvalue weighted by atomic mass is 16.3. The van der Waals surface area contributed by atoms with Crippen LogP contribution in [0.1, 0.15) is 50.3 Å². The van der Waals surface area contributed by atoms with Gasteiger partial charge in [0.25, 0.3) is 0 Å². The molecule has 1 saturated carbocycles.